The highest BCUT2D eigenvalue weighted by Gasteiger charge is 2.09. The number of aryl methyl sites for hydroxylation is 1. The highest BCUT2D eigenvalue weighted by atomic mass is 16.4. The molecule has 1 N–H and O–H groups in total. The maximum absolute atomic E-state index is 11.9. The molecule has 3 rings (SSSR count). The summed E-state index contributed by atoms with van der Waals surface area (Å²) in [5, 5.41) is 2.84. The maximum atomic E-state index is 11.9. The summed E-state index contributed by atoms with van der Waals surface area (Å²) in [6, 6.07) is 11.0. The Kier molecular flexibility index (Phi) is 4.52. The van der Waals surface area contributed by atoms with E-state index < -0.39 is 0 Å². The lowest BCUT2D eigenvalue weighted by atomic mass is 10.2. The Morgan fingerprint density at radius 3 is 2.91 bits per heavy atom. The Morgan fingerprint density at radius 2 is 2.09 bits per heavy atom. The number of rotatable bonds is 6. The number of oxazole rings is 1. The summed E-state index contributed by atoms with van der Waals surface area (Å²) in [5.41, 5.74) is 2.28. The largest absolute Gasteiger partial charge is 0.419 e. The van der Waals surface area contributed by atoms with Crippen molar-refractivity contribution in [1.82, 2.24) is 14.9 Å². The number of para-hydroxylation sites is 2. The lowest BCUT2D eigenvalue weighted by molar-refractivity contribution is -0.121. The predicted molar refractivity (Wildman–Crippen MR) is 85.8 cm³/mol. The van der Waals surface area contributed by atoms with E-state index in [1.807, 2.05) is 30.3 Å². The average Bonchev–Trinajstić information content (AvgIpc) is 2.90. The lowest BCUT2D eigenvalue weighted by Gasteiger charge is -2.05. The zero-order chi connectivity index (χ0) is 16.1. The van der Waals surface area contributed by atoms with Gasteiger partial charge in [-0.05, 0) is 30.2 Å². The third kappa shape index (κ3) is 3.66. The van der Waals surface area contributed by atoms with E-state index in [2.05, 4.69) is 10.3 Å². The molecule has 2 heterocycles. The number of aromatic nitrogens is 2. The molecule has 0 bridgehead atoms. The molecule has 0 atom stereocenters. The molecule has 0 saturated carbocycles. The van der Waals surface area contributed by atoms with Gasteiger partial charge in [-0.15, -0.1) is 0 Å². The number of carbonyl (C=O) groups is 1. The molecule has 0 fully saturated rings. The Bertz CT molecular complexity index is 852. The first-order valence-corrected chi connectivity index (χ1v) is 7.48. The quantitative estimate of drug-likeness (QED) is 0.756. The van der Waals surface area contributed by atoms with E-state index in [1.165, 1.54) is 0 Å². The van der Waals surface area contributed by atoms with Gasteiger partial charge in [0.1, 0.15) is 0 Å². The van der Waals surface area contributed by atoms with E-state index in [9.17, 15) is 9.59 Å². The van der Waals surface area contributed by atoms with Gasteiger partial charge in [0.15, 0.2) is 5.58 Å². The van der Waals surface area contributed by atoms with Crippen LogP contribution in [-0.2, 0) is 17.9 Å². The topological polar surface area (TPSA) is 77.1 Å². The number of benzene rings is 1. The second-order valence-corrected chi connectivity index (χ2v) is 5.23. The van der Waals surface area contributed by atoms with Crippen LogP contribution in [0.1, 0.15) is 18.4 Å². The molecule has 0 aliphatic carbocycles. The number of hydrogen-bond donors (Lipinski definition) is 1. The van der Waals surface area contributed by atoms with Crippen molar-refractivity contribution in [1.29, 1.82) is 0 Å². The minimum absolute atomic E-state index is 0.0466. The Morgan fingerprint density at radius 1 is 1.22 bits per heavy atom. The number of hydrogen-bond acceptors (Lipinski definition) is 4. The third-order valence-corrected chi connectivity index (χ3v) is 3.57. The molecule has 0 spiro atoms. The van der Waals surface area contributed by atoms with Gasteiger partial charge in [-0.25, -0.2) is 4.79 Å². The fourth-order valence-electron chi connectivity index (χ4n) is 2.42. The molecule has 0 saturated heterocycles. The van der Waals surface area contributed by atoms with Gasteiger partial charge in [0.05, 0.1) is 5.52 Å². The van der Waals surface area contributed by atoms with Crippen LogP contribution in [0.2, 0.25) is 0 Å². The van der Waals surface area contributed by atoms with Gasteiger partial charge >= 0.3 is 5.76 Å². The normalized spacial score (nSPS) is 10.8. The molecule has 1 aromatic carbocycles. The van der Waals surface area contributed by atoms with E-state index >= 15 is 0 Å². The monoisotopic (exact) mass is 311 g/mol. The zero-order valence-corrected chi connectivity index (χ0v) is 12.6. The summed E-state index contributed by atoms with van der Waals surface area (Å²) in [6.07, 6.45) is 4.34. The van der Waals surface area contributed by atoms with E-state index in [4.69, 9.17) is 4.42 Å². The van der Waals surface area contributed by atoms with Gasteiger partial charge in [0.2, 0.25) is 5.91 Å². The predicted octanol–water partition coefficient (Wildman–Crippen LogP) is 2.09. The molecule has 0 aliphatic rings. The van der Waals surface area contributed by atoms with Crippen LogP contribution < -0.4 is 11.1 Å². The van der Waals surface area contributed by atoms with Gasteiger partial charge < -0.3 is 9.73 Å². The van der Waals surface area contributed by atoms with Crippen molar-refractivity contribution < 1.29 is 9.21 Å². The van der Waals surface area contributed by atoms with Gasteiger partial charge in [-0.2, -0.15) is 0 Å². The summed E-state index contributed by atoms with van der Waals surface area (Å²) < 4.78 is 6.72. The lowest BCUT2D eigenvalue weighted by Crippen LogP contribution is -2.23. The number of carbonyl (C=O) groups excluding carboxylic acids is 1. The maximum Gasteiger partial charge on any atom is 0.419 e. The summed E-state index contributed by atoms with van der Waals surface area (Å²) in [4.78, 5) is 27.7. The molecule has 2 aromatic heterocycles. The Hall–Kier alpha value is -2.89. The molecular formula is C17H17N3O3. The van der Waals surface area contributed by atoms with Gasteiger partial charge in [-0.3, -0.25) is 14.3 Å². The first-order valence-electron chi connectivity index (χ1n) is 7.48. The second kappa shape index (κ2) is 6.91. The number of fused-ring (bicyclic) bond motifs is 1. The van der Waals surface area contributed by atoms with E-state index in [-0.39, 0.29) is 11.7 Å². The molecule has 6 heteroatoms. The minimum Gasteiger partial charge on any atom is -0.408 e. The fraction of sp³-hybridized carbons (Fsp3) is 0.235. The van der Waals surface area contributed by atoms with Crippen molar-refractivity contribution >= 4 is 17.0 Å². The summed E-state index contributed by atoms with van der Waals surface area (Å²) in [5.74, 6) is -0.434. The first kappa shape index (κ1) is 15.0. The molecule has 6 nitrogen and oxygen atoms in total. The van der Waals surface area contributed by atoms with E-state index in [0.29, 0.717) is 31.5 Å². The van der Waals surface area contributed by atoms with Crippen LogP contribution in [-0.4, -0.2) is 15.5 Å². The molecule has 1 amide bonds. The third-order valence-electron chi connectivity index (χ3n) is 3.57. The number of nitrogens with one attached hydrogen (secondary N) is 1. The molecule has 118 valence electrons. The van der Waals surface area contributed by atoms with Gasteiger partial charge in [0, 0.05) is 31.9 Å². The van der Waals surface area contributed by atoms with Crippen LogP contribution >= 0.6 is 0 Å². The number of amides is 1. The molecule has 23 heavy (non-hydrogen) atoms. The molecular weight excluding hydrogens is 294 g/mol. The van der Waals surface area contributed by atoms with Crippen LogP contribution in [0.5, 0.6) is 0 Å². The van der Waals surface area contributed by atoms with E-state index in [1.54, 1.807) is 23.0 Å². The van der Waals surface area contributed by atoms with Crippen molar-refractivity contribution in [2.24, 2.45) is 0 Å². The highest BCUT2D eigenvalue weighted by Crippen LogP contribution is 2.12. The minimum atomic E-state index is -0.387. The van der Waals surface area contributed by atoms with Crippen LogP contribution in [0, 0.1) is 0 Å². The van der Waals surface area contributed by atoms with Crippen molar-refractivity contribution in [3.05, 3.63) is 64.9 Å². The standard InChI is InChI=1S/C17H17N3O3/c21-16(19-12-13-5-3-9-18-11-13)8-4-10-20-14-6-1-2-7-15(14)23-17(20)22/h1-3,5-7,9,11H,4,8,10,12H2,(H,19,21). The van der Waals surface area contributed by atoms with Crippen molar-refractivity contribution in [2.45, 2.75) is 25.9 Å². The summed E-state index contributed by atoms with van der Waals surface area (Å²) >= 11 is 0. The van der Waals surface area contributed by atoms with Gasteiger partial charge in [-0.1, -0.05) is 18.2 Å². The SMILES string of the molecule is O=C(CCCn1c(=O)oc2ccccc21)NCc1cccnc1. The number of nitrogens with zero attached hydrogens (tertiary/aromatic N) is 2. The van der Waals surface area contributed by atoms with Crippen LogP contribution in [0.15, 0.2) is 58.0 Å². The molecule has 0 unspecified atom stereocenters. The van der Waals surface area contributed by atoms with Crippen molar-refractivity contribution in [3.8, 4) is 0 Å². The van der Waals surface area contributed by atoms with Crippen LogP contribution in [0.25, 0.3) is 11.1 Å². The first-order chi connectivity index (χ1) is 11.2. The van der Waals surface area contributed by atoms with Crippen molar-refractivity contribution in [3.63, 3.8) is 0 Å². The van der Waals surface area contributed by atoms with E-state index in [0.717, 1.165) is 11.1 Å². The van der Waals surface area contributed by atoms with Crippen LogP contribution in [0.3, 0.4) is 0 Å². The Labute approximate surface area is 132 Å². The highest BCUT2D eigenvalue weighted by molar-refractivity contribution is 5.76. The summed E-state index contributed by atoms with van der Waals surface area (Å²) in [7, 11) is 0. The average molecular weight is 311 g/mol. The molecule has 3 aromatic rings. The Balaban J connectivity index is 1.51. The zero-order valence-electron chi connectivity index (χ0n) is 12.6. The second-order valence-electron chi connectivity index (χ2n) is 5.23. The number of pyridine rings is 1. The molecule has 0 aliphatic heterocycles. The van der Waals surface area contributed by atoms with Crippen molar-refractivity contribution in [2.75, 3.05) is 0 Å². The summed E-state index contributed by atoms with van der Waals surface area (Å²) in [6.45, 7) is 0.914. The van der Waals surface area contributed by atoms with Gasteiger partial charge in [0.25, 0.3) is 0 Å². The van der Waals surface area contributed by atoms with Crippen LogP contribution in [0.4, 0.5) is 0 Å². The molecule has 0 radical (unpaired) electrons. The smallest absolute Gasteiger partial charge is 0.408 e. The fourth-order valence-corrected chi connectivity index (χ4v) is 2.42.